The summed E-state index contributed by atoms with van der Waals surface area (Å²) < 4.78 is 0. The van der Waals surface area contributed by atoms with E-state index in [2.05, 4.69) is 10.6 Å². The maximum atomic E-state index is 12.1. The van der Waals surface area contributed by atoms with Crippen molar-refractivity contribution < 1.29 is 19.5 Å². The van der Waals surface area contributed by atoms with Gasteiger partial charge in [-0.25, -0.2) is 4.79 Å². The van der Waals surface area contributed by atoms with Crippen molar-refractivity contribution in [3.8, 4) is 0 Å². The number of rotatable bonds is 8. The van der Waals surface area contributed by atoms with Gasteiger partial charge in [0.15, 0.2) is 0 Å². The molecule has 0 aliphatic heterocycles. The molecule has 0 saturated heterocycles. The fourth-order valence-electron chi connectivity index (χ4n) is 1.80. The molecule has 0 aromatic rings. The van der Waals surface area contributed by atoms with Gasteiger partial charge in [-0.2, -0.15) is 0 Å². The summed E-state index contributed by atoms with van der Waals surface area (Å²) in [6, 6.07) is -2.00. The zero-order valence-electron chi connectivity index (χ0n) is 12.5. The van der Waals surface area contributed by atoms with Gasteiger partial charge in [0, 0.05) is 6.04 Å². The second kappa shape index (κ2) is 8.39. The molecule has 5 N–H and O–H groups in total. The van der Waals surface area contributed by atoms with Crippen LogP contribution in [-0.2, 0) is 9.59 Å². The SMILES string of the molecule is CC(C)CC(NC(N)=O)C(=O)NC(CC(=O)O)C(C)C. The number of amides is 3. The Morgan fingerprint density at radius 2 is 1.65 bits per heavy atom. The van der Waals surface area contributed by atoms with E-state index in [1.54, 1.807) is 0 Å². The molecule has 2 atom stereocenters. The van der Waals surface area contributed by atoms with Crippen LogP contribution in [0.15, 0.2) is 0 Å². The number of nitrogens with two attached hydrogens (primary N) is 1. The molecule has 116 valence electrons. The molecule has 0 aliphatic rings. The summed E-state index contributed by atoms with van der Waals surface area (Å²) in [5.74, 6) is -1.22. The van der Waals surface area contributed by atoms with Crippen LogP contribution < -0.4 is 16.4 Å². The summed E-state index contributed by atoms with van der Waals surface area (Å²) in [4.78, 5) is 33.8. The fraction of sp³-hybridized carbons (Fsp3) is 0.769. The first-order chi connectivity index (χ1) is 9.13. The first-order valence-corrected chi connectivity index (χ1v) is 6.71. The second-order valence-corrected chi connectivity index (χ2v) is 5.65. The molecular formula is C13H25N3O4. The first-order valence-electron chi connectivity index (χ1n) is 6.71. The van der Waals surface area contributed by atoms with Gasteiger partial charge < -0.3 is 21.5 Å². The van der Waals surface area contributed by atoms with Crippen molar-refractivity contribution in [1.82, 2.24) is 10.6 Å². The number of hydrogen-bond acceptors (Lipinski definition) is 3. The third kappa shape index (κ3) is 7.60. The molecule has 0 rings (SSSR count). The van der Waals surface area contributed by atoms with Crippen molar-refractivity contribution >= 4 is 17.9 Å². The Labute approximate surface area is 119 Å². The molecule has 0 bridgehead atoms. The number of aliphatic carboxylic acids is 1. The summed E-state index contributed by atoms with van der Waals surface area (Å²) in [7, 11) is 0. The van der Waals surface area contributed by atoms with Crippen LogP contribution in [0.25, 0.3) is 0 Å². The maximum absolute atomic E-state index is 12.1. The molecule has 7 nitrogen and oxygen atoms in total. The molecule has 0 spiro atoms. The highest BCUT2D eigenvalue weighted by atomic mass is 16.4. The summed E-state index contributed by atoms with van der Waals surface area (Å²) >= 11 is 0. The molecule has 0 radical (unpaired) electrons. The lowest BCUT2D eigenvalue weighted by atomic mass is 9.98. The lowest BCUT2D eigenvalue weighted by Crippen LogP contribution is -2.52. The Balaban J connectivity index is 4.77. The Bertz CT molecular complexity index is 356. The Morgan fingerprint density at radius 1 is 1.10 bits per heavy atom. The Hall–Kier alpha value is -1.79. The van der Waals surface area contributed by atoms with Crippen molar-refractivity contribution in [2.24, 2.45) is 17.6 Å². The highest BCUT2D eigenvalue weighted by molar-refractivity contribution is 5.87. The summed E-state index contributed by atoms with van der Waals surface area (Å²) in [5, 5.41) is 13.9. The van der Waals surface area contributed by atoms with E-state index in [9.17, 15) is 14.4 Å². The van der Waals surface area contributed by atoms with Crippen LogP contribution in [0.5, 0.6) is 0 Å². The van der Waals surface area contributed by atoms with E-state index in [1.165, 1.54) is 0 Å². The van der Waals surface area contributed by atoms with Gasteiger partial charge >= 0.3 is 12.0 Å². The van der Waals surface area contributed by atoms with Gasteiger partial charge in [-0.1, -0.05) is 27.7 Å². The minimum Gasteiger partial charge on any atom is -0.481 e. The van der Waals surface area contributed by atoms with E-state index < -0.39 is 30.0 Å². The van der Waals surface area contributed by atoms with Gasteiger partial charge in [0.2, 0.25) is 5.91 Å². The van der Waals surface area contributed by atoms with Crippen molar-refractivity contribution in [1.29, 1.82) is 0 Å². The zero-order valence-corrected chi connectivity index (χ0v) is 12.5. The number of primary amides is 1. The van der Waals surface area contributed by atoms with Crippen molar-refractivity contribution in [2.75, 3.05) is 0 Å². The predicted octanol–water partition coefficient (Wildman–Crippen LogP) is 0.685. The van der Waals surface area contributed by atoms with Crippen molar-refractivity contribution in [3.05, 3.63) is 0 Å². The standard InChI is InChI=1S/C13H25N3O4/c1-7(2)5-10(16-13(14)20)12(19)15-9(8(3)4)6-11(17)18/h7-10H,5-6H2,1-4H3,(H,15,19)(H,17,18)(H3,14,16,20). The molecule has 0 heterocycles. The molecule has 0 fully saturated rings. The van der Waals surface area contributed by atoms with Crippen LogP contribution in [0, 0.1) is 11.8 Å². The number of carbonyl (C=O) groups excluding carboxylic acids is 2. The van der Waals surface area contributed by atoms with Crippen molar-refractivity contribution in [2.45, 2.75) is 52.6 Å². The molecule has 3 amide bonds. The molecule has 20 heavy (non-hydrogen) atoms. The minimum atomic E-state index is -0.979. The number of carboxylic acids is 1. The molecule has 0 saturated carbocycles. The van der Waals surface area contributed by atoms with Gasteiger partial charge in [0.25, 0.3) is 0 Å². The van der Waals surface area contributed by atoms with Gasteiger partial charge in [0.05, 0.1) is 6.42 Å². The molecule has 0 aliphatic carbocycles. The van der Waals surface area contributed by atoms with Crippen LogP contribution in [-0.4, -0.2) is 35.1 Å². The van der Waals surface area contributed by atoms with Crippen molar-refractivity contribution in [3.63, 3.8) is 0 Å². The van der Waals surface area contributed by atoms with Gasteiger partial charge in [-0.05, 0) is 18.3 Å². The minimum absolute atomic E-state index is 0.0247. The summed E-state index contributed by atoms with van der Waals surface area (Å²) in [6.45, 7) is 7.49. The van der Waals surface area contributed by atoms with Gasteiger partial charge in [-0.15, -0.1) is 0 Å². The molecular weight excluding hydrogens is 262 g/mol. The lowest BCUT2D eigenvalue weighted by Gasteiger charge is -2.25. The van der Waals surface area contributed by atoms with Crippen LogP contribution in [0.2, 0.25) is 0 Å². The van der Waals surface area contributed by atoms with E-state index in [-0.39, 0.29) is 18.3 Å². The average Bonchev–Trinajstić information content (AvgIpc) is 2.24. The Morgan fingerprint density at radius 3 is 2.00 bits per heavy atom. The highest BCUT2D eigenvalue weighted by Gasteiger charge is 2.25. The van der Waals surface area contributed by atoms with E-state index in [0.717, 1.165) is 0 Å². The van der Waals surface area contributed by atoms with Gasteiger partial charge in [-0.3, -0.25) is 9.59 Å². The normalized spacial score (nSPS) is 13.9. The molecule has 2 unspecified atom stereocenters. The van der Waals surface area contributed by atoms with Crippen LogP contribution in [0.1, 0.15) is 40.5 Å². The first kappa shape index (κ1) is 18.2. The van der Waals surface area contributed by atoms with E-state index in [0.29, 0.717) is 6.42 Å². The number of hydrogen-bond donors (Lipinski definition) is 4. The lowest BCUT2D eigenvalue weighted by molar-refractivity contribution is -0.138. The molecule has 0 aromatic carbocycles. The summed E-state index contributed by atoms with van der Waals surface area (Å²) in [5.41, 5.74) is 5.05. The molecule has 7 heteroatoms. The monoisotopic (exact) mass is 287 g/mol. The van der Waals surface area contributed by atoms with Crippen LogP contribution >= 0.6 is 0 Å². The quantitative estimate of drug-likeness (QED) is 0.524. The zero-order chi connectivity index (χ0) is 15.9. The second-order valence-electron chi connectivity index (χ2n) is 5.65. The number of urea groups is 1. The van der Waals surface area contributed by atoms with Gasteiger partial charge in [0.1, 0.15) is 6.04 Å². The highest BCUT2D eigenvalue weighted by Crippen LogP contribution is 2.09. The third-order valence-corrected chi connectivity index (χ3v) is 2.87. The van der Waals surface area contributed by atoms with E-state index in [1.807, 2.05) is 27.7 Å². The topological polar surface area (TPSA) is 122 Å². The van der Waals surface area contributed by atoms with E-state index in [4.69, 9.17) is 10.8 Å². The maximum Gasteiger partial charge on any atom is 0.312 e. The predicted molar refractivity (Wildman–Crippen MR) is 75.0 cm³/mol. The number of carbonyl (C=O) groups is 3. The van der Waals surface area contributed by atoms with E-state index >= 15 is 0 Å². The summed E-state index contributed by atoms with van der Waals surface area (Å²) in [6.07, 6.45) is 0.279. The van der Waals surface area contributed by atoms with Crippen LogP contribution in [0.3, 0.4) is 0 Å². The Kier molecular flexibility index (Phi) is 7.64. The fourth-order valence-corrected chi connectivity index (χ4v) is 1.80. The third-order valence-electron chi connectivity index (χ3n) is 2.87. The smallest absolute Gasteiger partial charge is 0.312 e. The number of carboxylic acid groups (broad SMARTS) is 1. The molecule has 0 aromatic heterocycles. The van der Waals surface area contributed by atoms with Crippen LogP contribution in [0.4, 0.5) is 4.79 Å². The average molecular weight is 287 g/mol. The number of nitrogens with one attached hydrogen (secondary N) is 2. The largest absolute Gasteiger partial charge is 0.481 e.